The lowest BCUT2D eigenvalue weighted by Crippen LogP contribution is -2.28. The Balaban J connectivity index is 2.32. The normalized spacial score (nSPS) is 17.1. The number of aromatic carboxylic acids is 1. The lowest BCUT2D eigenvalue weighted by molar-refractivity contribution is -0.120. The summed E-state index contributed by atoms with van der Waals surface area (Å²) in [7, 11) is 0. The number of carbonyl (C=O) groups is 2. The first kappa shape index (κ1) is 9.71. The Morgan fingerprint density at radius 1 is 1.20 bits per heavy atom. The van der Waals surface area contributed by atoms with Crippen LogP contribution in [-0.2, 0) is 10.2 Å². The topological polar surface area (TPSA) is 80.4 Å². The van der Waals surface area contributed by atoms with Crippen LogP contribution in [0.2, 0.25) is 0 Å². The van der Waals surface area contributed by atoms with E-state index in [0.29, 0.717) is 0 Å². The number of hydrogen-bond donors (Lipinski definition) is 2. The van der Waals surface area contributed by atoms with E-state index in [-0.39, 0.29) is 11.5 Å². The Morgan fingerprint density at radius 3 is 2.07 bits per heavy atom. The molecule has 0 saturated heterocycles. The van der Waals surface area contributed by atoms with Crippen molar-refractivity contribution in [2.75, 3.05) is 0 Å². The van der Waals surface area contributed by atoms with Gasteiger partial charge in [-0.3, -0.25) is 4.79 Å². The number of nitrogens with two attached hydrogens (primary N) is 1. The molecule has 0 radical (unpaired) electrons. The summed E-state index contributed by atoms with van der Waals surface area (Å²) < 4.78 is 0. The third-order valence-electron chi connectivity index (χ3n) is 2.91. The quantitative estimate of drug-likeness (QED) is 0.769. The number of hydrogen-bond acceptors (Lipinski definition) is 2. The molecular weight excluding hydrogens is 194 g/mol. The standard InChI is InChI=1S/C11H11NO3/c12-10(15)11(5-6-11)8-3-1-7(2-4-8)9(13)14/h1-4H,5-6H2,(H2,12,15)(H,13,14). The highest BCUT2D eigenvalue weighted by atomic mass is 16.4. The summed E-state index contributed by atoms with van der Waals surface area (Å²) in [5.74, 6) is -1.30. The van der Waals surface area contributed by atoms with Gasteiger partial charge in [-0.25, -0.2) is 4.79 Å². The van der Waals surface area contributed by atoms with E-state index < -0.39 is 11.4 Å². The first-order valence-corrected chi connectivity index (χ1v) is 4.70. The first-order valence-electron chi connectivity index (χ1n) is 4.70. The van der Waals surface area contributed by atoms with Gasteiger partial charge < -0.3 is 10.8 Å². The maximum Gasteiger partial charge on any atom is 0.335 e. The molecule has 0 spiro atoms. The van der Waals surface area contributed by atoms with E-state index in [1.54, 1.807) is 12.1 Å². The molecule has 1 aliphatic rings. The predicted octanol–water partition coefficient (Wildman–Crippen LogP) is 0.902. The van der Waals surface area contributed by atoms with Crippen LogP contribution in [0.5, 0.6) is 0 Å². The highest BCUT2D eigenvalue weighted by Crippen LogP contribution is 2.47. The van der Waals surface area contributed by atoms with Crippen molar-refractivity contribution >= 4 is 11.9 Å². The molecule has 1 fully saturated rings. The molecule has 0 atom stereocenters. The van der Waals surface area contributed by atoms with E-state index in [9.17, 15) is 9.59 Å². The van der Waals surface area contributed by atoms with Crippen LogP contribution in [0.15, 0.2) is 24.3 Å². The van der Waals surface area contributed by atoms with Gasteiger partial charge in [0.15, 0.2) is 0 Å². The molecule has 3 N–H and O–H groups in total. The summed E-state index contributed by atoms with van der Waals surface area (Å²) >= 11 is 0. The smallest absolute Gasteiger partial charge is 0.335 e. The van der Waals surface area contributed by atoms with Crippen molar-refractivity contribution in [3.05, 3.63) is 35.4 Å². The van der Waals surface area contributed by atoms with Gasteiger partial charge in [-0.2, -0.15) is 0 Å². The van der Waals surface area contributed by atoms with E-state index in [2.05, 4.69) is 0 Å². The van der Waals surface area contributed by atoms with Crippen LogP contribution < -0.4 is 5.73 Å². The summed E-state index contributed by atoms with van der Waals surface area (Å²) in [6.45, 7) is 0. The van der Waals surface area contributed by atoms with Gasteiger partial charge in [-0.1, -0.05) is 12.1 Å². The minimum Gasteiger partial charge on any atom is -0.478 e. The largest absolute Gasteiger partial charge is 0.478 e. The van der Waals surface area contributed by atoms with Gasteiger partial charge in [0, 0.05) is 0 Å². The van der Waals surface area contributed by atoms with Gasteiger partial charge in [0.1, 0.15) is 0 Å². The lowest BCUT2D eigenvalue weighted by atomic mass is 9.94. The maximum absolute atomic E-state index is 11.2. The fourth-order valence-corrected chi connectivity index (χ4v) is 1.73. The predicted molar refractivity (Wildman–Crippen MR) is 53.5 cm³/mol. The molecule has 1 aliphatic carbocycles. The Kier molecular flexibility index (Phi) is 2.00. The van der Waals surface area contributed by atoms with Crippen molar-refractivity contribution in [2.45, 2.75) is 18.3 Å². The summed E-state index contributed by atoms with van der Waals surface area (Å²) in [5.41, 5.74) is 5.82. The highest BCUT2D eigenvalue weighted by molar-refractivity contribution is 5.91. The summed E-state index contributed by atoms with van der Waals surface area (Å²) in [6.07, 6.45) is 1.52. The second-order valence-electron chi connectivity index (χ2n) is 3.83. The average molecular weight is 205 g/mol. The van der Waals surface area contributed by atoms with E-state index in [1.807, 2.05) is 0 Å². The zero-order chi connectivity index (χ0) is 11.1. The van der Waals surface area contributed by atoms with Crippen LogP contribution in [0.4, 0.5) is 0 Å². The molecule has 4 heteroatoms. The molecule has 0 bridgehead atoms. The number of benzene rings is 1. The third-order valence-corrected chi connectivity index (χ3v) is 2.91. The van der Waals surface area contributed by atoms with Crippen molar-refractivity contribution in [1.29, 1.82) is 0 Å². The molecule has 0 aliphatic heterocycles. The number of carbonyl (C=O) groups excluding carboxylic acids is 1. The van der Waals surface area contributed by atoms with Crippen molar-refractivity contribution in [1.82, 2.24) is 0 Å². The number of carboxylic acids is 1. The monoisotopic (exact) mass is 205 g/mol. The Bertz CT molecular complexity index is 418. The molecule has 1 aromatic rings. The molecule has 1 aromatic carbocycles. The van der Waals surface area contributed by atoms with Crippen LogP contribution in [0.1, 0.15) is 28.8 Å². The second kappa shape index (κ2) is 3.08. The van der Waals surface area contributed by atoms with Crippen molar-refractivity contribution in [2.24, 2.45) is 5.73 Å². The number of rotatable bonds is 3. The zero-order valence-corrected chi connectivity index (χ0v) is 8.06. The van der Waals surface area contributed by atoms with Gasteiger partial charge in [-0.15, -0.1) is 0 Å². The minimum absolute atomic E-state index is 0.221. The molecule has 1 amide bonds. The molecule has 78 valence electrons. The van der Waals surface area contributed by atoms with Crippen molar-refractivity contribution < 1.29 is 14.7 Å². The van der Waals surface area contributed by atoms with Gasteiger partial charge in [0.2, 0.25) is 5.91 Å². The van der Waals surface area contributed by atoms with E-state index in [0.717, 1.165) is 18.4 Å². The fraction of sp³-hybridized carbons (Fsp3) is 0.273. The Morgan fingerprint density at radius 2 is 1.73 bits per heavy atom. The minimum atomic E-state index is -0.967. The molecule has 4 nitrogen and oxygen atoms in total. The van der Waals surface area contributed by atoms with Crippen LogP contribution in [-0.4, -0.2) is 17.0 Å². The Labute approximate surface area is 86.7 Å². The molecule has 0 unspecified atom stereocenters. The van der Waals surface area contributed by atoms with Gasteiger partial charge in [-0.05, 0) is 30.5 Å². The average Bonchev–Trinajstić information content (AvgIpc) is 2.98. The first-order chi connectivity index (χ1) is 7.06. The van der Waals surface area contributed by atoms with Crippen LogP contribution in [0.25, 0.3) is 0 Å². The number of carboxylic acid groups (broad SMARTS) is 1. The van der Waals surface area contributed by atoms with Crippen molar-refractivity contribution in [3.8, 4) is 0 Å². The SMILES string of the molecule is NC(=O)C1(c2ccc(C(=O)O)cc2)CC1. The van der Waals surface area contributed by atoms with E-state index in [1.165, 1.54) is 12.1 Å². The van der Waals surface area contributed by atoms with Gasteiger partial charge in [0.25, 0.3) is 0 Å². The third kappa shape index (κ3) is 1.48. The second-order valence-corrected chi connectivity index (χ2v) is 3.83. The van der Waals surface area contributed by atoms with Crippen LogP contribution >= 0.6 is 0 Å². The van der Waals surface area contributed by atoms with Crippen molar-refractivity contribution in [3.63, 3.8) is 0 Å². The lowest BCUT2D eigenvalue weighted by Gasteiger charge is -2.10. The van der Waals surface area contributed by atoms with Crippen LogP contribution in [0, 0.1) is 0 Å². The highest BCUT2D eigenvalue weighted by Gasteiger charge is 2.49. The van der Waals surface area contributed by atoms with E-state index in [4.69, 9.17) is 10.8 Å². The summed E-state index contributed by atoms with van der Waals surface area (Å²) in [4.78, 5) is 21.8. The molecule has 2 rings (SSSR count). The molecule has 0 aromatic heterocycles. The van der Waals surface area contributed by atoms with Crippen LogP contribution in [0.3, 0.4) is 0 Å². The molecular formula is C11H11NO3. The Hall–Kier alpha value is -1.84. The zero-order valence-electron chi connectivity index (χ0n) is 8.06. The van der Waals surface area contributed by atoms with Gasteiger partial charge in [0.05, 0.1) is 11.0 Å². The fourth-order valence-electron chi connectivity index (χ4n) is 1.73. The number of primary amides is 1. The maximum atomic E-state index is 11.2. The number of amides is 1. The van der Waals surface area contributed by atoms with Gasteiger partial charge >= 0.3 is 5.97 Å². The summed E-state index contributed by atoms with van der Waals surface area (Å²) in [5, 5.41) is 8.71. The summed E-state index contributed by atoms with van der Waals surface area (Å²) in [6, 6.07) is 6.34. The van der Waals surface area contributed by atoms with E-state index >= 15 is 0 Å². The molecule has 1 saturated carbocycles. The molecule has 0 heterocycles. The molecule has 15 heavy (non-hydrogen) atoms.